The summed E-state index contributed by atoms with van der Waals surface area (Å²) >= 11 is 1.61. The molecule has 5 nitrogen and oxygen atoms in total. The molecule has 0 radical (unpaired) electrons. The molecule has 132 valence electrons. The van der Waals surface area contributed by atoms with Gasteiger partial charge < -0.3 is 9.47 Å². The quantitative estimate of drug-likeness (QED) is 0.521. The van der Waals surface area contributed by atoms with Crippen molar-refractivity contribution in [1.82, 2.24) is 15.0 Å². The molecule has 0 aliphatic carbocycles. The van der Waals surface area contributed by atoms with Gasteiger partial charge in [0, 0.05) is 17.8 Å². The largest absolute Gasteiger partial charge is 0.485 e. The van der Waals surface area contributed by atoms with E-state index in [9.17, 15) is 0 Å². The molecule has 1 aliphatic rings. The number of pyridine rings is 3. The highest BCUT2D eigenvalue weighted by atomic mass is 32.1. The fourth-order valence-electron chi connectivity index (χ4n) is 3.01. The van der Waals surface area contributed by atoms with Crippen LogP contribution >= 0.6 is 11.3 Å². The van der Waals surface area contributed by atoms with Crippen molar-refractivity contribution >= 4 is 11.3 Å². The van der Waals surface area contributed by atoms with E-state index in [1.807, 2.05) is 53.9 Å². The summed E-state index contributed by atoms with van der Waals surface area (Å²) < 4.78 is 11.6. The maximum Gasteiger partial charge on any atom is 0.179 e. The first kappa shape index (κ1) is 16.0. The molecule has 0 fully saturated rings. The van der Waals surface area contributed by atoms with Gasteiger partial charge >= 0.3 is 0 Å². The summed E-state index contributed by atoms with van der Waals surface area (Å²) in [6.45, 7) is 1.14. The van der Waals surface area contributed by atoms with Crippen LogP contribution in [0.3, 0.4) is 0 Å². The second-order valence-corrected chi connectivity index (χ2v) is 6.89. The summed E-state index contributed by atoms with van der Waals surface area (Å²) in [5, 5.41) is 1.99. The number of ether oxygens (including phenoxy) is 2. The predicted octanol–water partition coefficient (Wildman–Crippen LogP) is 4.71. The first-order chi connectivity index (χ1) is 13.4. The van der Waals surface area contributed by atoms with Crippen LogP contribution in [0.25, 0.3) is 33.2 Å². The summed E-state index contributed by atoms with van der Waals surface area (Å²) in [4.78, 5) is 14.7. The van der Waals surface area contributed by atoms with Crippen LogP contribution in [0.4, 0.5) is 0 Å². The molecule has 0 unspecified atom stereocenters. The van der Waals surface area contributed by atoms with Crippen LogP contribution in [0.2, 0.25) is 0 Å². The molecule has 0 spiro atoms. The Morgan fingerprint density at radius 1 is 0.778 bits per heavy atom. The number of hydrogen-bond donors (Lipinski definition) is 0. The van der Waals surface area contributed by atoms with Crippen LogP contribution in [0.15, 0.2) is 66.3 Å². The number of rotatable bonds is 3. The van der Waals surface area contributed by atoms with Crippen molar-refractivity contribution in [2.45, 2.75) is 0 Å². The molecule has 6 heteroatoms. The highest BCUT2D eigenvalue weighted by molar-refractivity contribution is 7.14. The van der Waals surface area contributed by atoms with Gasteiger partial charge in [0.2, 0.25) is 0 Å². The molecule has 1 aliphatic heterocycles. The van der Waals surface area contributed by atoms with Gasteiger partial charge in [-0.05, 0) is 42.0 Å². The average Bonchev–Trinajstić information content (AvgIpc) is 3.19. The third kappa shape index (κ3) is 3.04. The van der Waals surface area contributed by atoms with Crippen LogP contribution < -0.4 is 9.47 Å². The first-order valence-electron chi connectivity index (χ1n) is 8.61. The van der Waals surface area contributed by atoms with E-state index in [1.165, 1.54) is 0 Å². The fraction of sp³-hybridized carbons (Fsp3) is 0.0952. The lowest BCUT2D eigenvalue weighted by Crippen LogP contribution is -2.14. The van der Waals surface area contributed by atoms with E-state index in [4.69, 9.17) is 14.5 Å². The number of thiophene rings is 1. The minimum Gasteiger partial charge on any atom is -0.485 e. The van der Waals surface area contributed by atoms with Gasteiger partial charge in [0.1, 0.15) is 13.2 Å². The number of aromatic nitrogens is 3. The molecular weight excluding hydrogens is 358 g/mol. The van der Waals surface area contributed by atoms with Crippen LogP contribution in [0.1, 0.15) is 0 Å². The zero-order valence-corrected chi connectivity index (χ0v) is 15.1. The molecule has 4 aromatic rings. The molecule has 4 aromatic heterocycles. The van der Waals surface area contributed by atoms with Crippen molar-refractivity contribution in [1.29, 1.82) is 0 Å². The Morgan fingerprint density at radius 2 is 1.44 bits per heavy atom. The third-order valence-electron chi connectivity index (χ3n) is 4.24. The van der Waals surface area contributed by atoms with E-state index in [0.717, 1.165) is 44.7 Å². The average molecular weight is 373 g/mol. The summed E-state index contributed by atoms with van der Waals surface area (Å²) in [7, 11) is 0. The molecular formula is C21H15N3O2S. The minimum atomic E-state index is 0.558. The maximum absolute atomic E-state index is 5.87. The Kier molecular flexibility index (Phi) is 4.03. The number of hydrogen-bond acceptors (Lipinski definition) is 6. The van der Waals surface area contributed by atoms with Gasteiger partial charge in [0.25, 0.3) is 0 Å². The van der Waals surface area contributed by atoms with Crippen molar-refractivity contribution in [2.24, 2.45) is 0 Å². The predicted molar refractivity (Wildman–Crippen MR) is 105 cm³/mol. The van der Waals surface area contributed by atoms with Crippen LogP contribution in [-0.4, -0.2) is 28.2 Å². The van der Waals surface area contributed by atoms with Crippen molar-refractivity contribution in [3.05, 3.63) is 66.3 Å². The van der Waals surface area contributed by atoms with Crippen molar-refractivity contribution in [2.75, 3.05) is 13.2 Å². The van der Waals surface area contributed by atoms with Gasteiger partial charge in [-0.2, -0.15) is 0 Å². The molecule has 27 heavy (non-hydrogen) atoms. The second-order valence-electron chi connectivity index (χ2n) is 6.01. The Hall–Kier alpha value is -3.25. The molecule has 0 N–H and O–H groups in total. The molecule has 5 heterocycles. The molecule has 0 aromatic carbocycles. The minimum absolute atomic E-state index is 0.558. The highest BCUT2D eigenvalue weighted by Gasteiger charge is 2.21. The molecule has 5 rings (SSSR count). The zero-order chi connectivity index (χ0) is 18.1. The Bertz CT molecular complexity index is 1020. The van der Waals surface area contributed by atoms with Crippen LogP contribution in [0, 0.1) is 0 Å². The topological polar surface area (TPSA) is 57.1 Å². The smallest absolute Gasteiger partial charge is 0.179 e. The zero-order valence-electron chi connectivity index (χ0n) is 14.3. The maximum atomic E-state index is 5.87. The highest BCUT2D eigenvalue weighted by Crippen LogP contribution is 2.46. The SMILES string of the molecule is c1ccc(-c2cc(-c3scc4c3OCCO4)cc(-c3ccccn3)n2)nc1. The monoisotopic (exact) mass is 373 g/mol. The summed E-state index contributed by atoms with van der Waals surface area (Å²) in [5.41, 5.74) is 4.25. The van der Waals surface area contributed by atoms with E-state index < -0.39 is 0 Å². The summed E-state index contributed by atoms with van der Waals surface area (Å²) in [6, 6.07) is 15.7. The number of nitrogens with zero attached hydrogens (tertiary/aromatic N) is 3. The van der Waals surface area contributed by atoms with Gasteiger partial charge in [0.15, 0.2) is 11.5 Å². The summed E-state index contributed by atoms with van der Waals surface area (Å²) in [6.07, 6.45) is 3.54. The standard InChI is InChI=1S/C21H15N3O2S/c1-3-7-22-15(5-1)17-11-14(12-18(24-17)16-6-2-4-8-23-16)21-20-19(13-27-21)25-9-10-26-20/h1-8,11-13H,9-10H2. The van der Waals surface area contributed by atoms with Gasteiger partial charge in [-0.3, -0.25) is 9.97 Å². The third-order valence-corrected chi connectivity index (χ3v) is 5.23. The Labute approximate surface area is 160 Å². The summed E-state index contributed by atoms with van der Waals surface area (Å²) in [5.74, 6) is 1.60. The van der Waals surface area contributed by atoms with Crippen LogP contribution in [0.5, 0.6) is 11.5 Å². The van der Waals surface area contributed by atoms with E-state index in [2.05, 4.69) is 9.97 Å². The first-order valence-corrected chi connectivity index (χ1v) is 9.49. The molecule has 0 saturated carbocycles. The van der Waals surface area contributed by atoms with Gasteiger partial charge in [-0.25, -0.2) is 4.98 Å². The molecule has 0 saturated heterocycles. The molecule has 0 atom stereocenters. The van der Waals surface area contributed by atoms with Gasteiger partial charge in [0.05, 0.1) is 27.7 Å². The lowest BCUT2D eigenvalue weighted by atomic mass is 10.1. The van der Waals surface area contributed by atoms with E-state index in [-0.39, 0.29) is 0 Å². The Morgan fingerprint density at radius 3 is 2.07 bits per heavy atom. The van der Waals surface area contributed by atoms with Crippen LogP contribution in [-0.2, 0) is 0 Å². The molecule has 0 bridgehead atoms. The normalized spacial score (nSPS) is 12.7. The van der Waals surface area contributed by atoms with E-state index >= 15 is 0 Å². The fourth-order valence-corrected chi connectivity index (χ4v) is 3.94. The van der Waals surface area contributed by atoms with Crippen molar-refractivity contribution < 1.29 is 9.47 Å². The van der Waals surface area contributed by atoms with E-state index in [0.29, 0.717) is 13.2 Å². The van der Waals surface area contributed by atoms with Crippen molar-refractivity contribution in [3.8, 4) is 44.7 Å². The number of fused-ring (bicyclic) bond motifs is 1. The van der Waals surface area contributed by atoms with E-state index in [1.54, 1.807) is 23.7 Å². The van der Waals surface area contributed by atoms with Gasteiger partial charge in [-0.1, -0.05) is 12.1 Å². The van der Waals surface area contributed by atoms with Crippen molar-refractivity contribution in [3.63, 3.8) is 0 Å². The Balaban J connectivity index is 1.70. The lowest BCUT2D eigenvalue weighted by molar-refractivity contribution is 0.174. The lowest BCUT2D eigenvalue weighted by Gasteiger charge is -2.16. The second kappa shape index (κ2) is 6.81. The molecule has 0 amide bonds. The van der Waals surface area contributed by atoms with Gasteiger partial charge in [-0.15, -0.1) is 11.3 Å².